The zero-order chi connectivity index (χ0) is 11.0. The number of piperidine rings is 1. The van der Waals surface area contributed by atoms with Crippen molar-refractivity contribution >= 4 is 15.9 Å². The first-order chi connectivity index (χ1) is 7.84. The van der Waals surface area contributed by atoms with E-state index in [2.05, 4.69) is 45.1 Å². The van der Waals surface area contributed by atoms with Gasteiger partial charge in [0, 0.05) is 16.6 Å². The topological polar surface area (TPSA) is 3.24 Å². The van der Waals surface area contributed by atoms with Crippen LogP contribution in [0.4, 0.5) is 0 Å². The third kappa shape index (κ3) is 2.18. The Morgan fingerprint density at radius 3 is 2.44 bits per heavy atom. The van der Waals surface area contributed by atoms with E-state index in [0.29, 0.717) is 6.04 Å². The molecule has 1 aliphatic carbocycles. The molecule has 86 valence electrons. The van der Waals surface area contributed by atoms with Gasteiger partial charge in [0.15, 0.2) is 0 Å². The van der Waals surface area contributed by atoms with Crippen molar-refractivity contribution in [3.05, 3.63) is 34.3 Å². The van der Waals surface area contributed by atoms with Crippen LogP contribution in [0.1, 0.15) is 43.7 Å². The molecule has 0 bridgehead atoms. The van der Waals surface area contributed by atoms with E-state index >= 15 is 0 Å². The average molecular weight is 280 g/mol. The molecule has 0 N–H and O–H groups in total. The van der Waals surface area contributed by atoms with Gasteiger partial charge < -0.3 is 0 Å². The molecule has 2 aliphatic rings. The lowest BCUT2D eigenvalue weighted by molar-refractivity contribution is 0.139. The Kier molecular flexibility index (Phi) is 3.03. The molecule has 2 heteroatoms. The summed E-state index contributed by atoms with van der Waals surface area (Å²) >= 11 is 3.51. The molecule has 1 saturated carbocycles. The maximum absolute atomic E-state index is 3.51. The summed E-state index contributed by atoms with van der Waals surface area (Å²) in [4.78, 5) is 2.74. The molecule has 2 fully saturated rings. The van der Waals surface area contributed by atoms with Gasteiger partial charge in [-0.25, -0.2) is 0 Å². The van der Waals surface area contributed by atoms with Gasteiger partial charge in [0.1, 0.15) is 0 Å². The van der Waals surface area contributed by atoms with Crippen molar-refractivity contribution in [2.24, 2.45) is 0 Å². The highest BCUT2D eigenvalue weighted by Crippen LogP contribution is 2.39. The van der Waals surface area contributed by atoms with Crippen LogP contribution < -0.4 is 0 Å². The minimum Gasteiger partial charge on any atom is -0.293 e. The predicted octanol–water partition coefficient (Wildman–Crippen LogP) is 4.14. The second kappa shape index (κ2) is 4.50. The van der Waals surface area contributed by atoms with E-state index in [1.54, 1.807) is 0 Å². The first kappa shape index (κ1) is 10.8. The third-order valence-corrected chi connectivity index (χ3v) is 4.34. The van der Waals surface area contributed by atoms with Crippen molar-refractivity contribution in [2.45, 2.75) is 44.2 Å². The van der Waals surface area contributed by atoms with Gasteiger partial charge in [0.05, 0.1) is 0 Å². The minimum atomic E-state index is 0.689. The van der Waals surface area contributed by atoms with Crippen LogP contribution in [-0.2, 0) is 0 Å². The summed E-state index contributed by atoms with van der Waals surface area (Å²) in [7, 11) is 0. The van der Waals surface area contributed by atoms with Crippen LogP contribution in [0.5, 0.6) is 0 Å². The zero-order valence-electron chi connectivity index (χ0n) is 9.53. The second-order valence-corrected chi connectivity index (χ2v) is 5.95. The molecular weight excluding hydrogens is 262 g/mol. The summed E-state index contributed by atoms with van der Waals surface area (Å²) in [5.41, 5.74) is 1.51. The lowest BCUT2D eigenvalue weighted by Crippen LogP contribution is -2.35. The number of nitrogens with zero attached hydrogens (tertiary/aromatic N) is 1. The molecule has 0 radical (unpaired) electrons. The van der Waals surface area contributed by atoms with Gasteiger partial charge in [-0.1, -0.05) is 34.5 Å². The fourth-order valence-corrected chi connectivity index (χ4v) is 3.10. The Balaban J connectivity index is 1.82. The Morgan fingerprint density at radius 1 is 1.00 bits per heavy atom. The van der Waals surface area contributed by atoms with Crippen molar-refractivity contribution < 1.29 is 0 Å². The van der Waals surface area contributed by atoms with Gasteiger partial charge in [-0.2, -0.15) is 0 Å². The maximum atomic E-state index is 3.51. The molecule has 3 rings (SSSR count). The summed E-state index contributed by atoms with van der Waals surface area (Å²) in [6, 6.07) is 10.5. The van der Waals surface area contributed by atoms with Crippen molar-refractivity contribution in [1.82, 2.24) is 4.90 Å². The molecule has 0 amide bonds. The fourth-order valence-electron chi connectivity index (χ4n) is 2.84. The van der Waals surface area contributed by atoms with Gasteiger partial charge in [-0.15, -0.1) is 0 Å². The molecule has 1 aromatic carbocycles. The number of hydrogen-bond donors (Lipinski definition) is 0. The van der Waals surface area contributed by atoms with Crippen molar-refractivity contribution in [2.75, 3.05) is 6.54 Å². The minimum absolute atomic E-state index is 0.689. The van der Waals surface area contributed by atoms with Crippen LogP contribution in [0.15, 0.2) is 28.7 Å². The van der Waals surface area contributed by atoms with E-state index in [9.17, 15) is 0 Å². The average Bonchev–Trinajstić information content (AvgIpc) is 3.14. The number of halogens is 1. The van der Waals surface area contributed by atoms with E-state index < -0.39 is 0 Å². The fraction of sp³-hybridized carbons (Fsp3) is 0.571. The molecule has 1 atom stereocenters. The Labute approximate surface area is 106 Å². The molecule has 16 heavy (non-hydrogen) atoms. The molecule has 1 aliphatic heterocycles. The van der Waals surface area contributed by atoms with Crippen LogP contribution in [-0.4, -0.2) is 17.5 Å². The van der Waals surface area contributed by atoms with Crippen molar-refractivity contribution in [3.8, 4) is 0 Å². The third-order valence-electron chi connectivity index (χ3n) is 3.81. The molecule has 1 nitrogen and oxygen atoms in total. The van der Waals surface area contributed by atoms with Crippen LogP contribution in [0.25, 0.3) is 0 Å². The summed E-state index contributed by atoms with van der Waals surface area (Å²) in [5.74, 6) is 0. The molecule has 1 aromatic rings. The van der Waals surface area contributed by atoms with Crippen LogP contribution in [0.3, 0.4) is 0 Å². The van der Waals surface area contributed by atoms with Gasteiger partial charge >= 0.3 is 0 Å². The number of likely N-dealkylation sites (tertiary alicyclic amines) is 1. The molecular formula is C14H18BrN. The van der Waals surface area contributed by atoms with E-state index in [1.165, 1.54) is 48.7 Å². The highest BCUT2D eigenvalue weighted by molar-refractivity contribution is 9.10. The van der Waals surface area contributed by atoms with Gasteiger partial charge in [-0.05, 0) is 49.9 Å². The monoisotopic (exact) mass is 279 g/mol. The lowest BCUT2D eigenvalue weighted by atomic mass is 9.95. The maximum Gasteiger partial charge on any atom is 0.0351 e. The highest BCUT2D eigenvalue weighted by Gasteiger charge is 2.35. The summed E-state index contributed by atoms with van der Waals surface area (Å²) < 4.78 is 1.19. The summed E-state index contributed by atoms with van der Waals surface area (Å²) in [6.07, 6.45) is 6.98. The zero-order valence-corrected chi connectivity index (χ0v) is 11.1. The Bertz CT molecular complexity index is 356. The van der Waals surface area contributed by atoms with Crippen molar-refractivity contribution in [1.29, 1.82) is 0 Å². The Morgan fingerprint density at radius 2 is 1.75 bits per heavy atom. The first-order valence-corrected chi connectivity index (χ1v) is 7.15. The first-order valence-electron chi connectivity index (χ1n) is 6.36. The SMILES string of the molecule is Brc1ccc(C2CCCCN2C2CC2)cc1. The van der Waals surface area contributed by atoms with E-state index in [1.807, 2.05) is 0 Å². The predicted molar refractivity (Wildman–Crippen MR) is 70.5 cm³/mol. The largest absolute Gasteiger partial charge is 0.293 e. The normalized spacial score (nSPS) is 26.9. The van der Waals surface area contributed by atoms with E-state index in [4.69, 9.17) is 0 Å². The molecule has 1 heterocycles. The molecule has 1 unspecified atom stereocenters. The molecule has 0 spiro atoms. The molecule has 1 saturated heterocycles. The van der Waals surface area contributed by atoms with Crippen molar-refractivity contribution in [3.63, 3.8) is 0 Å². The standard InChI is InChI=1S/C14H18BrN/c15-12-6-4-11(5-7-12)14-3-1-2-10-16(14)13-8-9-13/h4-7,13-14H,1-3,8-10H2. The number of hydrogen-bond acceptors (Lipinski definition) is 1. The smallest absolute Gasteiger partial charge is 0.0351 e. The second-order valence-electron chi connectivity index (χ2n) is 5.03. The van der Waals surface area contributed by atoms with Crippen LogP contribution in [0.2, 0.25) is 0 Å². The highest BCUT2D eigenvalue weighted by atomic mass is 79.9. The molecule has 0 aromatic heterocycles. The van der Waals surface area contributed by atoms with Gasteiger partial charge in [0.2, 0.25) is 0 Å². The number of rotatable bonds is 2. The van der Waals surface area contributed by atoms with Crippen LogP contribution >= 0.6 is 15.9 Å². The van der Waals surface area contributed by atoms with Crippen LogP contribution in [0, 0.1) is 0 Å². The van der Waals surface area contributed by atoms with Gasteiger partial charge in [0.25, 0.3) is 0 Å². The lowest BCUT2D eigenvalue weighted by Gasteiger charge is -2.36. The van der Waals surface area contributed by atoms with Gasteiger partial charge in [-0.3, -0.25) is 4.90 Å². The van der Waals surface area contributed by atoms with E-state index in [0.717, 1.165) is 6.04 Å². The Hall–Kier alpha value is -0.340. The quantitative estimate of drug-likeness (QED) is 0.787. The summed E-state index contributed by atoms with van der Waals surface area (Å²) in [6.45, 7) is 1.31. The van der Waals surface area contributed by atoms with E-state index in [-0.39, 0.29) is 0 Å². The number of benzene rings is 1. The summed E-state index contributed by atoms with van der Waals surface area (Å²) in [5, 5.41) is 0.